The first-order valence-corrected chi connectivity index (χ1v) is 7.17. The summed E-state index contributed by atoms with van der Waals surface area (Å²) in [5.41, 5.74) is 4.44. The van der Waals surface area contributed by atoms with Gasteiger partial charge in [0.2, 0.25) is 0 Å². The molecule has 1 heterocycles. The van der Waals surface area contributed by atoms with Crippen molar-refractivity contribution >= 4 is 0 Å². The first-order chi connectivity index (χ1) is 8.76. The van der Waals surface area contributed by atoms with Crippen LogP contribution >= 0.6 is 0 Å². The number of benzene rings is 1. The average molecular weight is 240 g/mol. The molecule has 1 aromatic rings. The molecule has 1 aliphatic heterocycles. The topological polar surface area (TPSA) is 9.23 Å². The Kier molecular flexibility index (Phi) is 2.15. The van der Waals surface area contributed by atoms with Gasteiger partial charge in [-0.1, -0.05) is 29.3 Å². The molecular formula is C17H20O. The number of allylic oxidation sites excluding steroid dienone is 1. The molecule has 0 amide bonds. The number of hydrogen-bond donors (Lipinski definition) is 0. The van der Waals surface area contributed by atoms with Gasteiger partial charge in [-0.25, -0.2) is 0 Å². The highest BCUT2D eigenvalue weighted by atomic mass is 16.5. The fraction of sp³-hybridized carbons (Fsp3) is 0.529. The van der Waals surface area contributed by atoms with Crippen molar-refractivity contribution in [1.82, 2.24) is 0 Å². The summed E-state index contributed by atoms with van der Waals surface area (Å²) in [5, 5.41) is 0. The van der Waals surface area contributed by atoms with Gasteiger partial charge in [0.25, 0.3) is 0 Å². The molecule has 4 rings (SSSR count). The van der Waals surface area contributed by atoms with Crippen LogP contribution in [0.1, 0.15) is 30.9 Å². The van der Waals surface area contributed by atoms with E-state index in [4.69, 9.17) is 4.74 Å². The van der Waals surface area contributed by atoms with Gasteiger partial charge in [-0.2, -0.15) is 0 Å². The van der Waals surface area contributed by atoms with E-state index in [2.05, 4.69) is 38.1 Å². The lowest BCUT2D eigenvalue weighted by Gasteiger charge is -2.37. The number of aryl methyl sites for hydroxylation is 1. The molecule has 18 heavy (non-hydrogen) atoms. The van der Waals surface area contributed by atoms with Crippen LogP contribution in [-0.2, 0) is 6.42 Å². The minimum absolute atomic E-state index is 0.463. The molecule has 1 heteroatoms. The van der Waals surface area contributed by atoms with E-state index in [0.717, 1.165) is 17.6 Å². The van der Waals surface area contributed by atoms with Crippen LogP contribution in [0, 0.1) is 24.7 Å². The van der Waals surface area contributed by atoms with Crippen molar-refractivity contribution in [2.24, 2.45) is 17.8 Å². The Bertz CT molecular complexity index is 528. The number of fused-ring (bicyclic) bond motifs is 6. The van der Waals surface area contributed by atoms with Gasteiger partial charge in [-0.3, -0.25) is 0 Å². The van der Waals surface area contributed by atoms with Crippen LogP contribution in [0.4, 0.5) is 0 Å². The molecule has 4 unspecified atom stereocenters. The molecular weight excluding hydrogens is 220 g/mol. The largest absolute Gasteiger partial charge is 0.489 e. The van der Waals surface area contributed by atoms with Gasteiger partial charge in [0.15, 0.2) is 0 Å². The van der Waals surface area contributed by atoms with E-state index < -0.39 is 0 Å². The third kappa shape index (κ3) is 1.33. The maximum Gasteiger partial charge on any atom is 0.122 e. The van der Waals surface area contributed by atoms with E-state index in [1.807, 2.05) is 0 Å². The molecule has 4 atom stereocenters. The molecule has 0 saturated heterocycles. The van der Waals surface area contributed by atoms with Gasteiger partial charge in [-0.05, 0) is 50.7 Å². The molecule has 1 nitrogen and oxygen atoms in total. The van der Waals surface area contributed by atoms with Gasteiger partial charge in [-0.15, -0.1) is 0 Å². The summed E-state index contributed by atoms with van der Waals surface area (Å²) in [6.07, 6.45) is 6.72. The molecule has 2 fully saturated rings. The lowest BCUT2D eigenvalue weighted by atomic mass is 9.78. The highest BCUT2D eigenvalue weighted by molar-refractivity contribution is 5.41. The second kappa shape index (κ2) is 3.63. The number of ether oxygens (including phenoxy) is 1. The summed E-state index contributed by atoms with van der Waals surface area (Å²) < 4.78 is 6.34. The van der Waals surface area contributed by atoms with Crippen molar-refractivity contribution in [2.75, 3.05) is 0 Å². The van der Waals surface area contributed by atoms with Crippen LogP contribution in [-0.4, -0.2) is 6.10 Å². The molecule has 2 bridgehead atoms. The van der Waals surface area contributed by atoms with Crippen LogP contribution in [0.25, 0.3) is 0 Å². The van der Waals surface area contributed by atoms with Gasteiger partial charge in [0.05, 0.1) is 0 Å². The lowest BCUT2D eigenvalue weighted by Crippen LogP contribution is -2.38. The summed E-state index contributed by atoms with van der Waals surface area (Å²) in [4.78, 5) is 0. The van der Waals surface area contributed by atoms with Crippen LogP contribution in [0.2, 0.25) is 0 Å². The molecule has 2 aliphatic carbocycles. The van der Waals surface area contributed by atoms with E-state index in [-0.39, 0.29) is 0 Å². The van der Waals surface area contributed by atoms with Crippen LogP contribution in [0.5, 0.6) is 5.75 Å². The Balaban J connectivity index is 1.72. The fourth-order valence-electron chi connectivity index (χ4n) is 4.42. The minimum atomic E-state index is 0.463. The second-order valence-corrected chi connectivity index (χ2v) is 6.23. The third-order valence-corrected chi connectivity index (χ3v) is 5.26. The zero-order valence-corrected chi connectivity index (χ0v) is 11.1. The Morgan fingerprint density at radius 1 is 1.28 bits per heavy atom. The summed E-state index contributed by atoms with van der Waals surface area (Å²) >= 11 is 0. The van der Waals surface area contributed by atoms with E-state index >= 15 is 0 Å². The van der Waals surface area contributed by atoms with Crippen molar-refractivity contribution in [2.45, 2.75) is 39.2 Å². The second-order valence-electron chi connectivity index (χ2n) is 6.23. The van der Waals surface area contributed by atoms with Crippen molar-refractivity contribution < 1.29 is 4.74 Å². The van der Waals surface area contributed by atoms with Crippen molar-refractivity contribution in [3.05, 3.63) is 41.0 Å². The van der Waals surface area contributed by atoms with Crippen LogP contribution < -0.4 is 4.74 Å². The lowest BCUT2D eigenvalue weighted by molar-refractivity contribution is 0.0846. The molecule has 0 spiro atoms. The smallest absolute Gasteiger partial charge is 0.122 e. The zero-order valence-electron chi connectivity index (χ0n) is 11.1. The summed E-state index contributed by atoms with van der Waals surface area (Å²) in [6.45, 7) is 4.36. The quantitative estimate of drug-likeness (QED) is 0.625. The minimum Gasteiger partial charge on any atom is -0.489 e. The summed E-state index contributed by atoms with van der Waals surface area (Å²) in [7, 11) is 0. The molecule has 0 N–H and O–H groups in total. The summed E-state index contributed by atoms with van der Waals surface area (Å²) in [6, 6.07) is 6.65. The standard InChI is InChI=1S/C17H20O/c1-3-11-7-12-8-14(11)17-15(12)9-13-6-10(2)4-5-16(13)18-17/h3-6,12,14-15,17H,7-9H2,1-2H3. The Morgan fingerprint density at radius 2 is 2.17 bits per heavy atom. The van der Waals surface area contributed by atoms with E-state index in [1.165, 1.54) is 30.4 Å². The predicted octanol–water partition coefficient (Wildman–Crippen LogP) is 3.90. The maximum atomic E-state index is 6.34. The normalized spacial score (nSPS) is 38.4. The average Bonchev–Trinajstić information content (AvgIpc) is 2.94. The maximum absolute atomic E-state index is 6.34. The Morgan fingerprint density at radius 3 is 3.00 bits per heavy atom. The van der Waals surface area contributed by atoms with E-state index in [1.54, 1.807) is 5.57 Å². The first-order valence-electron chi connectivity index (χ1n) is 7.17. The first kappa shape index (κ1) is 10.7. The molecule has 1 aromatic carbocycles. The highest BCUT2D eigenvalue weighted by Gasteiger charge is 2.52. The number of hydrogen-bond acceptors (Lipinski definition) is 1. The van der Waals surface area contributed by atoms with Crippen molar-refractivity contribution in [3.8, 4) is 5.75 Å². The zero-order chi connectivity index (χ0) is 12.3. The molecule has 94 valence electrons. The van der Waals surface area contributed by atoms with Gasteiger partial charge in [0, 0.05) is 11.8 Å². The SMILES string of the molecule is CC=C1CC2CC1C1Oc3ccc(C)cc3CC21. The highest BCUT2D eigenvalue weighted by Crippen LogP contribution is 2.55. The summed E-state index contributed by atoms with van der Waals surface area (Å²) in [5.74, 6) is 3.50. The Hall–Kier alpha value is -1.24. The van der Waals surface area contributed by atoms with Gasteiger partial charge < -0.3 is 4.74 Å². The monoisotopic (exact) mass is 240 g/mol. The van der Waals surface area contributed by atoms with E-state index in [9.17, 15) is 0 Å². The Labute approximate surface area is 109 Å². The van der Waals surface area contributed by atoms with Crippen molar-refractivity contribution in [1.29, 1.82) is 0 Å². The van der Waals surface area contributed by atoms with Crippen molar-refractivity contribution in [3.63, 3.8) is 0 Å². The molecule has 0 aromatic heterocycles. The van der Waals surface area contributed by atoms with Crippen LogP contribution in [0.3, 0.4) is 0 Å². The molecule has 0 radical (unpaired) electrons. The predicted molar refractivity (Wildman–Crippen MR) is 72.8 cm³/mol. The van der Waals surface area contributed by atoms with Gasteiger partial charge >= 0.3 is 0 Å². The third-order valence-electron chi connectivity index (χ3n) is 5.26. The van der Waals surface area contributed by atoms with Crippen LogP contribution in [0.15, 0.2) is 29.8 Å². The number of rotatable bonds is 0. The molecule has 3 aliphatic rings. The van der Waals surface area contributed by atoms with E-state index in [0.29, 0.717) is 12.0 Å². The molecule has 2 saturated carbocycles. The van der Waals surface area contributed by atoms with Gasteiger partial charge in [0.1, 0.15) is 11.9 Å². The fourth-order valence-corrected chi connectivity index (χ4v) is 4.42.